The van der Waals surface area contributed by atoms with Crippen molar-refractivity contribution in [2.75, 3.05) is 29.9 Å². The van der Waals surface area contributed by atoms with Crippen molar-refractivity contribution in [1.29, 1.82) is 0 Å². The fraction of sp³-hybridized carbons (Fsp3) is 0.370. The Bertz CT molecular complexity index is 2520. The van der Waals surface area contributed by atoms with Crippen LogP contribution in [0.4, 0.5) is 11.4 Å². The van der Waals surface area contributed by atoms with Crippen molar-refractivity contribution in [1.82, 2.24) is 35.0 Å². The standard InChI is InChI=1S/C46H47N9O5/c56-42-15-13-40(44(58)50-42)54-26-30-6-9-34(23-36(30)46(54)60)52-19-16-28(17-20-52)25-48-32-7-10-33(11-8-32)53-27-31-22-39(35(24-37(31)45(53)59)29-4-2-1-3-5-29)49-43(57)38-12-14-41-47-18-21-55(41)51-38/h1-6,9,12,14,18,21-24,28,32-33,40,48H,7-8,10-11,13,15-17,19-20,25-27H2,(H,49,57)(H,50,56,58). The highest BCUT2D eigenvalue weighted by Crippen LogP contribution is 2.38. The van der Waals surface area contributed by atoms with Gasteiger partial charge in [-0.2, -0.15) is 5.10 Å². The fourth-order valence-corrected chi connectivity index (χ4v) is 9.82. The molecule has 0 radical (unpaired) electrons. The first-order valence-corrected chi connectivity index (χ1v) is 21.2. The minimum absolute atomic E-state index is 0.0508. The number of amides is 5. The highest BCUT2D eigenvalue weighted by atomic mass is 16.2. The van der Waals surface area contributed by atoms with Gasteiger partial charge in [-0.25, -0.2) is 9.50 Å². The lowest BCUT2D eigenvalue weighted by molar-refractivity contribution is -0.136. The Morgan fingerprint density at radius 1 is 0.767 bits per heavy atom. The van der Waals surface area contributed by atoms with E-state index in [4.69, 9.17) is 0 Å². The summed E-state index contributed by atoms with van der Waals surface area (Å²) in [6, 6.07) is 23.2. The number of carbonyl (C=O) groups excluding carboxylic acids is 5. The van der Waals surface area contributed by atoms with Crippen molar-refractivity contribution >= 4 is 46.6 Å². The number of carbonyl (C=O) groups is 5. The Hall–Kier alpha value is -6.41. The Kier molecular flexibility index (Phi) is 9.86. The van der Waals surface area contributed by atoms with Gasteiger partial charge in [0.2, 0.25) is 11.8 Å². The number of aromatic nitrogens is 3. The fourth-order valence-electron chi connectivity index (χ4n) is 9.82. The highest BCUT2D eigenvalue weighted by molar-refractivity contribution is 6.08. The number of imide groups is 1. The van der Waals surface area contributed by atoms with E-state index in [9.17, 15) is 24.0 Å². The van der Waals surface area contributed by atoms with Crippen molar-refractivity contribution in [3.8, 4) is 11.1 Å². The quantitative estimate of drug-likeness (QED) is 0.171. The first-order chi connectivity index (χ1) is 29.3. The van der Waals surface area contributed by atoms with Crippen LogP contribution in [0, 0.1) is 5.92 Å². The first-order valence-electron chi connectivity index (χ1n) is 21.2. The topological polar surface area (TPSA) is 161 Å². The Morgan fingerprint density at radius 3 is 2.33 bits per heavy atom. The van der Waals surface area contributed by atoms with Crippen molar-refractivity contribution in [3.05, 3.63) is 113 Å². The third-order valence-electron chi connectivity index (χ3n) is 13.2. The summed E-state index contributed by atoms with van der Waals surface area (Å²) in [6.45, 7) is 3.69. The maximum absolute atomic E-state index is 14.0. The van der Waals surface area contributed by atoms with Crippen LogP contribution in [0.2, 0.25) is 0 Å². The molecule has 10 rings (SSSR count). The molecule has 1 unspecified atom stereocenters. The van der Waals surface area contributed by atoms with Crippen LogP contribution in [0.15, 0.2) is 85.2 Å². The van der Waals surface area contributed by atoms with E-state index in [0.29, 0.717) is 53.9 Å². The summed E-state index contributed by atoms with van der Waals surface area (Å²) in [5, 5.41) is 13.8. The number of imidazole rings is 1. The second-order valence-electron chi connectivity index (χ2n) is 16.8. The number of nitrogens with one attached hydrogen (secondary N) is 3. The zero-order valence-corrected chi connectivity index (χ0v) is 33.3. The van der Waals surface area contributed by atoms with E-state index in [2.05, 4.69) is 37.0 Å². The van der Waals surface area contributed by atoms with Crippen LogP contribution in [-0.4, -0.2) is 91.7 Å². The van der Waals surface area contributed by atoms with E-state index in [0.717, 1.165) is 86.1 Å². The number of hydrogen-bond acceptors (Lipinski definition) is 9. The molecule has 60 heavy (non-hydrogen) atoms. The van der Waals surface area contributed by atoms with Crippen molar-refractivity contribution in [2.45, 2.75) is 82.6 Å². The van der Waals surface area contributed by atoms with E-state index in [1.165, 1.54) is 0 Å². The van der Waals surface area contributed by atoms with Crippen LogP contribution in [-0.2, 0) is 22.7 Å². The number of anilines is 2. The Labute approximate surface area is 347 Å². The van der Waals surface area contributed by atoms with Gasteiger partial charge in [-0.05, 0) is 110 Å². The zero-order chi connectivity index (χ0) is 40.9. The molecule has 1 atom stereocenters. The second-order valence-corrected chi connectivity index (χ2v) is 16.8. The Morgan fingerprint density at radius 2 is 1.53 bits per heavy atom. The molecule has 0 bridgehead atoms. The monoisotopic (exact) mass is 805 g/mol. The molecule has 2 aromatic heterocycles. The molecule has 306 valence electrons. The summed E-state index contributed by atoms with van der Waals surface area (Å²) in [4.78, 5) is 75.2. The zero-order valence-electron chi connectivity index (χ0n) is 33.3. The van der Waals surface area contributed by atoms with Crippen LogP contribution >= 0.6 is 0 Å². The SMILES string of the molecule is O=C1CCC(N2Cc3ccc(N4CCC(CNC5CCC(N6Cc7cc(NC(=O)c8ccc9nccn9n8)c(-c8ccccc8)cc7C6=O)CC5)CC4)cc3C2=O)C(=O)N1. The van der Waals surface area contributed by atoms with Gasteiger partial charge in [0.1, 0.15) is 11.7 Å². The van der Waals surface area contributed by atoms with Gasteiger partial charge in [-0.3, -0.25) is 29.3 Å². The molecule has 4 aliphatic heterocycles. The lowest BCUT2D eigenvalue weighted by atomic mass is 9.89. The Balaban J connectivity index is 0.724. The van der Waals surface area contributed by atoms with E-state index < -0.39 is 6.04 Å². The normalized spacial score (nSPS) is 22.0. The molecule has 3 fully saturated rings. The molecule has 5 aromatic rings. The van der Waals surface area contributed by atoms with E-state index in [1.54, 1.807) is 33.9 Å². The number of fused-ring (bicyclic) bond motifs is 3. The van der Waals surface area contributed by atoms with Crippen LogP contribution in [0.25, 0.3) is 16.8 Å². The number of rotatable bonds is 9. The van der Waals surface area contributed by atoms with Gasteiger partial charge < -0.3 is 25.3 Å². The average Bonchev–Trinajstić information content (AvgIpc) is 3.98. The summed E-state index contributed by atoms with van der Waals surface area (Å²) < 4.78 is 1.57. The number of nitrogens with zero attached hydrogens (tertiary/aromatic N) is 6. The second kappa shape index (κ2) is 15.6. The van der Waals surface area contributed by atoms with Gasteiger partial charge in [0.05, 0.1) is 0 Å². The maximum atomic E-state index is 14.0. The summed E-state index contributed by atoms with van der Waals surface area (Å²) >= 11 is 0. The van der Waals surface area contributed by atoms with E-state index in [-0.39, 0.29) is 47.7 Å². The molecule has 1 aliphatic carbocycles. The number of piperidine rings is 2. The smallest absolute Gasteiger partial charge is 0.276 e. The highest BCUT2D eigenvalue weighted by Gasteiger charge is 2.40. The van der Waals surface area contributed by atoms with Crippen molar-refractivity contribution in [3.63, 3.8) is 0 Å². The lowest BCUT2D eigenvalue weighted by Gasteiger charge is -2.37. The predicted molar refractivity (Wildman–Crippen MR) is 224 cm³/mol. The van der Waals surface area contributed by atoms with Gasteiger partial charge in [-0.1, -0.05) is 36.4 Å². The van der Waals surface area contributed by atoms with Crippen LogP contribution in [0.3, 0.4) is 0 Å². The maximum Gasteiger partial charge on any atom is 0.276 e. The molecular formula is C46H47N9O5. The molecule has 0 spiro atoms. The molecule has 1 saturated carbocycles. The summed E-state index contributed by atoms with van der Waals surface area (Å²) in [6.07, 6.45) is 9.95. The molecule has 5 amide bonds. The van der Waals surface area contributed by atoms with Crippen molar-refractivity contribution in [2.24, 2.45) is 5.92 Å². The summed E-state index contributed by atoms with van der Waals surface area (Å²) in [7, 11) is 0. The molecule has 6 heterocycles. The first kappa shape index (κ1) is 37.8. The van der Waals surface area contributed by atoms with Crippen LogP contribution in [0.5, 0.6) is 0 Å². The van der Waals surface area contributed by atoms with Crippen molar-refractivity contribution < 1.29 is 24.0 Å². The average molecular weight is 806 g/mol. The van der Waals surface area contributed by atoms with Gasteiger partial charge in [-0.15, -0.1) is 0 Å². The minimum atomic E-state index is -0.608. The summed E-state index contributed by atoms with van der Waals surface area (Å²) in [5.74, 6) is -0.533. The molecule has 14 heteroatoms. The van der Waals surface area contributed by atoms with E-state index in [1.807, 2.05) is 59.5 Å². The van der Waals surface area contributed by atoms with Gasteiger partial charge in [0.25, 0.3) is 17.7 Å². The van der Waals surface area contributed by atoms with Gasteiger partial charge >= 0.3 is 0 Å². The molecule has 14 nitrogen and oxygen atoms in total. The lowest BCUT2D eigenvalue weighted by Crippen LogP contribution is -2.52. The largest absolute Gasteiger partial charge is 0.371 e. The third kappa shape index (κ3) is 7.18. The predicted octanol–water partition coefficient (Wildman–Crippen LogP) is 5.18. The molecule has 5 aliphatic rings. The summed E-state index contributed by atoms with van der Waals surface area (Å²) in [5.41, 5.74) is 7.50. The van der Waals surface area contributed by atoms with Crippen LogP contribution < -0.4 is 20.9 Å². The van der Waals surface area contributed by atoms with E-state index >= 15 is 0 Å². The molecule has 3 aromatic carbocycles. The number of benzene rings is 3. The third-order valence-corrected chi connectivity index (χ3v) is 13.2. The molecule has 2 saturated heterocycles. The van der Waals surface area contributed by atoms with Crippen LogP contribution in [0.1, 0.15) is 93.7 Å². The van der Waals surface area contributed by atoms with Gasteiger partial charge in [0.15, 0.2) is 5.65 Å². The molecule has 3 N–H and O–H groups in total. The van der Waals surface area contributed by atoms with Gasteiger partial charge in [0, 0.05) is 85.1 Å². The number of hydrogen-bond donors (Lipinski definition) is 3. The minimum Gasteiger partial charge on any atom is -0.371 e. The molecular weight excluding hydrogens is 759 g/mol.